The molecule has 0 N–H and O–H groups in total. The highest BCUT2D eigenvalue weighted by Gasteiger charge is 2.48. The number of Topliss-reactive ketones (excluding diaryl/α,β-unsaturated/α-hetero) is 1. The Morgan fingerprint density at radius 3 is 2.33 bits per heavy atom. The standard InChI is InChI=1S/C29H39NO6/c1-16(27(32)34-5)26(17-6-7-17)18-8-11-22-23(31)15-24(35-25(22)14-18)19-12-20-9-10-21(13-19)30(20)28(33)36-29(2,3)4/h8,11,14,16-17,19-21,24,26H,6-7,9-10,12-13,15H2,1-5H3/t16?,19?,20-,21+,24?,26?. The molecule has 1 aromatic carbocycles. The number of piperidine rings is 1. The van der Waals surface area contributed by atoms with E-state index in [-0.39, 0.29) is 53.8 Å². The summed E-state index contributed by atoms with van der Waals surface area (Å²) < 4.78 is 17.2. The maximum absolute atomic E-state index is 13.1. The zero-order valence-electron chi connectivity index (χ0n) is 22.1. The van der Waals surface area contributed by atoms with E-state index in [2.05, 4.69) is 0 Å². The number of benzene rings is 1. The van der Waals surface area contributed by atoms with Gasteiger partial charge in [0.05, 0.1) is 18.6 Å². The van der Waals surface area contributed by atoms with Crippen LogP contribution in [0.15, 0.2) is 18.2 Å². The zero-order valence-corrected chi connectivity index (χ0v) is 22.1. The number of ether oxygens (including phenoxy) is 3. The lowest BCUT2D eigenvalue weighted by Gasteiger charge is -2.42. The van der Waals surface area contributed by atoms with Crippen molar-refractivity contribution < 1.29 is 28.6 Å². The molecular formula is C29H39NO6. The predicted molar refractivity (Wildman–Crippen MR) is 134 cm³/mol. The maximum Gasteiger partial charge on any atom is 0.410 e. The number of amides is 1. The number of nitrogens with zero attached hydrogens (tertiary/aromatic N) is 1. The average Bonchev–Trinajstić information content (AvgIpc) is 3.61. The average molecular weight is 498 g/mol. The van der Waals surface area contributed by atoms with Gasteiger partial charge >= 0.3 is 12.1 Å². The van der Waals surface area contributed by atoms with E-state index in [1.165, 1.54) is 7.11 Å². The summed E-state index contributed by atoms with van der Waals surface area (Å²) in [4.78, 5) is 40.2. The molecule has 3 fully saturated rings. The second-order valence-electron chi connectivity index (χ2n) is 12.2. The van der Waals surface area contributed by atoms with E-state index in [0.717, 1.165) is 44.1 Å². The summed E-state index contributed by atoms with van der Waals surface area (Å²) >= 11 is 0. The Hall–Kier alpha value is -2.57. The van der Waals surface area contributed by atoms with Crippen molar-refractivity contribution in [3.8, 4) is 5.75 Å². The topological polar surface area (TPSA) is 82.1 Å². The van der Waals surface area contributed by atoms with Crippen molar-refractivity contribution >= 4 is 17.8 Å². The fourth-order valence-electron chi connectivity index (χ4n) is 6.73. The van der Waals surface area contributed by atoms with Gasteiger partial charge in [0.25, 0.3) is 0 Å². The van der Waals surface area contributed by atoms with E-state index >= 15 is 0 Å². The maximum atomic E-state index is 13.1. The highest BCUT2D eigenvalue weighted by atomic mass is 16.6. The first-order chi connectivity index (χ1) is 17.1. The molecule has 1 aromatic rings. The normalized spacial score (nSPS) is 29.1. The van der Waals surface area contributed by atoms with Crippen molar-refractivity contribution in [1.82, 2.24) is 4.90 Å². The largest absolute Gasteiger partial charge is 0.489 e. The highest BCUT2D eigenvalue weighted by molar-refractivity contribution is 6.00. The van der Waals surface area contributed by atoms with E-state index in [0.29, 0.717) is 23.7 Å². The van der Waals surface area contributed by atoms with E-state index in [1.807, 2.05) is 50.8 Å². The molecule has 1 aliphatic carbocycles. The molecule has 1 amide bonds. The zero-order chi connectivity index (χ0) is 25.8. The molecule has 2 bridgehead atoms. The lowest BCUT2D eigenvalue weighted by Crippen LogP contribution is -2.51. The number of carbonyl (C=O) groups excluding carboxylic acids is 3. The van der Waals surface area contributed by atoms with Crippen molar-refractivity contribution in [2.75, 3.05) is 7.11 Å². The van der Waals surface area contributed by atoms with Crippen LogP contribution in [0.25, 0.3) is 0 Å². The van der Waals surface area contributed by atoms with Crippen LogP contribution in [-0.4, -0.2) is 53.6 Å². The number of fused-ring (bicyclic) bond motifs is 3. The minimum Gasteiger partial charge on any atom is -0.489 e. The number of methoxy groups -OCH3 is 1. The van der Waals surface area contributed by atoms with Crippen molar-refractivity contribution in [1.29, 1.82) is 0 Å². The van der Waals surface area contributed by atoms with Gasteiger partial charge in [0, 0.05) is 24.4 Å². The Labute approximate surface area is 213 Å². The minimum atomic E-state index is -0.516. The molecule has 4 aliphatic rings. The quantitative estimate of drug-likeness (QED) is 0.500. The molecule has 1 saturated carbocycles. The number of hydrogen-bond acceptors (Lipinski definition) is 6. The summed E-state index contributed by atoms with van der Waals surface area (Å²) in [5, 5.41) is 0. The van der Waals surface area contributed by atoms with Crippen LogP contribution >= 0.6 is 0 Å². The lowest BCUT2D eigenvalue weighted by atomic mass is 9.80. The molecule has 3 heterocycles. The summed E-state index contributed by atoms with van der Waals surface area (Å²) in [6, 6.07) is 6.12. The van der Waals surface area contributed by atoms with Crippen LogP contribution in [0, 0.1) is 17.8 Å². The van der Waals surface area contributed by atoms with Crippen molar-refractivity contribution in [3.05, 3.63) is 29.3 Å². The van der Waals surface area contributed by atoms with Gasteiger partial charge in [0.1, 0.15) is 17.5 Å². The third-order valence-corrected chi connectivity index (χ3v) is 8.50. The molecule has 6 atom stereocenters. The van der Waals surface area contributed by atoms with E-state index in [9.17, 15) is 14.4 Å². The van der Waals surface area contributed by atoms with Gasteiger partial charge in [0.2, 0.25) is 0 Å². The van der Waals surface area contributed by atoms with Crippen LogP contribution in [0.2, 0.25) is 0 Å². The first kappa shape index (κ1) is 25.1. The van der Waals surface area contributed by atoms with Gasteiger partial charge in [-0.2, -0.15) is 0 Å². The molecule has 4 unspecified atom stereocenters. The van der Waals surface area contributed by atoms with Crippen LogP contribution in [0.1, 0.15) is 94.5 Å². The van der Waals surface area contributed by atoms with Gasteiger partial charge in [0.15, 0.2) is 5.78 Å². The Kier molecular flexibility index (Phi) is 6.54. The number of esters is 1. The predicted octanol–water partition coefficient (Wildman–Crippen LogP) is 5.50. The van der Waals surface area contributed by atoms with Crippen LogP contribution < -0.4 is 4.74 Å². The van der Waals surface area contributed by atoms with Crippen LogP contribution in [0.4, 0.5) is 4.79 Å². The monoisotopic (exact) mass is 497 g/mol. The SMILES string of the molecule is COC(=O)C(C)C(c1ccc2c(c1)OC(C1C[C@H]3CC[C@@H](C1)N3C(=O)OC(C)(C)C)CC2=O)C1CC1. The summed E-state index contributed by atoms with van der Waals surface area (Å²) in [6.07, 6.45) is 5.74. The Morgan fingerprint density at radius 2 is 1.75 bits per heavy atom. The Bertz CT molecular complexity index is 1030. The number of ketones is 1. The summed E-state index contributed by atoms with van der Waals surface area (Å²) in [7, 11) is 1.43. The molecule has 5 rings (SSSR count). The molecule has 0 radical (unpaired) electrons. The minimum absolute atomic E-state index is 0.0646. The van der Waals surface area contributed by atoms with Crippen molar-refractivity contribution in [2.24, 2.45) is 17.8 Å². The van der Waals surface area contributed by atoms with E-state index in [1.54, 1.807) is 0 Å². The first-order valence-electron chi connectivity index (χ1n) is 13.5. The molecule has 2 saturated heterocycles. The van der Waals surface area contributed by atoms with E-state index < -0.39 is 5.60 Å². The van der Waals surface area contributed by atoms with E-state index in [4.69, 9.17) is 14.2 Å². The van der Waals surface area contributed by atoms with Crippen LogP contribution in [-0.2, 0) is 14.3 Å². The summed E-state index contributed by atoms with van der Waals surface area (Å²) in [5.41, 5.74) is 1.16. The molecule has 196 valence electrons. The Morgan fingerprint density at radius 1 is 1.08 bits per heavy atom. The molecule has 7 nitrogen and oxygen atoms in total. The second kappa shape index (κ2) is 9.38. The molecule has 36 heavy (non-hydrogen) atoms. The number of rotatable bonds is 5. The van der Waals surface area contributed by atoms with Gasteiger partial charge < -0.3 is 19.1 Å². The fraction of sp³-hybridized carbons (Fsp3) is 0.690. The fourth-order valence-corrected chi connectivity index (χ4v) is 6.73. The summed E-state index contributed by atoms with van der Waals surface area (Å²) in [6.45, 7) is 7.61. The molecule has 0 aromatic heterocycles. The van der Waals surface area contributed by atoms with Gasteiger partial charge in [-0.05, 0) is 88.8 Å². The third kappa shape index (κ3) is 4.85. The van der Waals surface area contributed by atoms with Gasteiger partial charge in [-0.25, -0.2) is 4.79 Å². The second-order valence-corrected chi connectivity index (χ2v) is 12.2. The number of carbonyl (C=O) groups is 3. The van der Waals surface area contributed by atoms with Crippen molar-refractivity contribution in [3.63, 3.8) is 0 Å². The van der Waals surface area contributed by atoms with Gasteiger partial charge in [-0.3, -0.25) is 9.59 Å². The lowest BCUT2D eigenvalue weighted by molar-refractivity contribution is -0.145. The first-order valence-corrected chi connectivity index (χ1v) is 13.5. The van der Waals surface area contributed by atoms with Crippen molar-refractivity contribution in [2.45, 2.75) is 102 Å². The van der Waals surface area contributed by atoms with Gasteiger partial charge in [-0.1, -0.05) is 13.0 Å². The van der Waals surface area contributed by atoms with Crippen LogP contribution in [0.3, 0.4) is 0 Å². The highest BCUT2D eigenvalue weighted by Crippen LogP contribution is 2.49. The summed E-state index contributed by atoms with van der Waals surface area (Å²) in [5.74, 6) is 1.04. The number of hydrogen-bond donors (Lipinski definition) is 0. The molecule has 0 spiro atoms. The van der Waals surface area contributed by atoms with Crippen LogP contribution in [0.5, 0.6) is 5.75 Å². The third-order valence-electron chi connectivity index (χ3n) is 8.50. The molecule has 3 aliphatic heterocycles. The Balaban J connectivity index is 1.32. The van der Waals surface area contributed by atoms with Gasteiger partial charge in [-0.15, -0.1) is 0 Å². The molecular weight excluding hydrogens is 458 g/mol. The smallest absolute Gasteiger partial charge is 0.410 e. The molecule has 7 heteroatoms.